The first-order valence-electron chi connectivity index (χ1n) is 19.6. The fourth-order valence-electron chi connectivity index (χ4n) is 7.34. The van der Waals surface area contributed by atoms with Gasteiger partial charge < -0.3 is 23.8 Å². The van der Waals surface area contributed by atoms with Gasteiger partial charge in [0.25, 0.3) is 14.4 Å². The number of ether oxygens (including phenoxy) is 2. The molecule has 1 unspecified atom stereocenters. The summed E-state index contributed by atoms with van der Waals surface area (Å²) in [4.78, 5) is 30.6. The van der Waals surface area contributed by atoms with Gasteiger partial charge in [-0.1, -0.05) is 91.0 Å². The summed E-state index contributed by atoms with van der Waals surface area (Å²) >= 11 is 0. The maximum absolute atomic E-state index is 17.3. The number of anilines is 1. The number of nitrogens with one attached hydrogen (secondary N) is 2. The highest BCUT2D eigenvalue weighted by Crippen LogP contribution is 2.50. The Morgan fingerprint density at radius 2 is 1.49 bits per heavy atom. The summed E-state index contributed by atoms with van der Waals surface area (Å²) in [5.74, 6) is 0.249. The Kier molecular flexibility index (Phi) is 14.7. The molecule has 1 amide bonds. The summed E-state index contributed by atoms with van der Waals surface area (Å²) in [6.45, 7) is 8.13. The molecule has 1 aromatic heterocycles. The fourth-order valence-corrected chi connectivity index (χ4v) is 9.10. The predicted octanol–water partition coefficient (Wildman–Crippen LogP) is 7.98. The smallest absolute Gasteiger partial charge is 0.351 e. The number of halogens is 1. The van der Waals surface area contributed by atoms with Gasteiger partial charge in [-0.3, -0.25) is 14.7 Å². The van der Waals surface area contributed by atoms with Gasteiger partial charge in [0.05, 0.1) is 31.7 Å². The van der Waals surface area contributed by atoms with E-state index in [1.807, 2.05) is 117 Å². The van der Waals surface area contributed by atoms with Crippen LogP contribution in [0.5, 0.6) is 5.75 Å². The van der Waals surface area contributed by atoms with Crippen LogP contribution >= 0.6 is 8.53 Å². The summed E-state index contributed by atoms with van der Waals surface area (Å²) < 4.78 is 45.4. The van der Waals surface area contributed by atoms with Crippen LogP contribution in [0, 0.1) is 11.3 Å². The van der Waals surface area contributed by atoms with E-state index in [2.05, 4.69) is 21.7 Å². The van der Waals surface area contributed by atoms with Crippen LogP contribution in [0.3, 0.4) is 0 Å². The number of nitrogens with zero attached hydrogens (tertiary/aromatic N) is 4. The van der Waals surface area contributed by atoms with E-state index < -0.39 is 50.3 Å². The molecule has 0 bridgehead atoms. The zero-order chi connectivity index (χ0) is 41.9. The molecule has 2 N–H and O–H groups in total. The van der Waals surface area contributed by atoms with Gasteiger partial charge in [-0.05, 0) is 74.7 Å². The van der Waals surface area contributed by atoms with Gasteiger partial charge in [-0.2, -0.15) is 10.2 Å². The molecule has 0 radical (unpaired) electrons. The van der Waals surface area contributed by atoms with Crippen LogP contribution in [0.15, 0.2) is 132 Å². The van der Waals surface area contributed by atoms with Gasteiger partial charge in [0, 0.05) is 30.4 Å². The minimum Gasteiger partial charge on any atom is -0.497 e. The lowest BCUT2D eigenvalue weighted by atomic mass is 9.77. The lowest BCUT2D eigenvalue weighted by molar-refractivity contribution is -0.0267. The number of carbonyl (C=O) groups is 1. The topological polar surface area (TPSA) is 140 Å². The molecule has 14 heteroatoms. The number of alkyl halides is 1. The lowest BCUT2D eigenvalue weighted by Gasteiger charge is -2.39. The summed E-state index contributed by atoms with van der Waals surface area (Å²) in [6.07, 6.45) is -4.07. The van der Waals surface area contributed by atoms with E-state index in [1.54, 1.807) is 37.4 Å². The minimum absolute atomic E-state index is 0.00782. The molecule has 0 spiro atoms. The fraction of sp³-hybridized carbons (Fsp3) is 0.333. The number of rotatable bonds is 18. The van der Waals surface area contributed by atoms with Crippen molar-refractivity contribution in [3.8, 4) is 11.8 Å². The first kappa shape index (κ1) is 43.3. The van der Waals surface area contributed by atoms with Gasteiger partial charge in [-0.25, -0.2) is 13.9 Å². The van der Waals surface area contributed by atoms with Crippen LogP contribution in [0.4, 0.5) is 10.2 Å². The Balaban J connectivity index is 1.40. The van der Waals surface area contributed by atoms with Crippen molar-refractivity contribution in [3.63, 3.8) is 0 Å². The molecule has 1 saturated heterocycles. The molecular formula is C45H50FN6O6P. The molecule has 0 aliphatic carbocycles. The van der Waals surface area contributed by atoms with Crippen LogP contribution in [0.1, 0.15) is 67.4 Å². The van der Waals surface area contributed by atoms with Crippen molar-refractivity contribution in [1.82, 2.24) is 19.5 Å². The molecule has 2 heterocycles. The first-order valence-corrected chi connectivity index (χ1v) is 20.7. The van der Waals surface area contributed by atoms with Crippen molar-refractivity contribution in [3.05, 3.63) is 160 Å². The van der Waals surface area contributed by atoms with Gasteiger partial charge in [-0.15, -0.1) is 0 Å². The Morgan fingerprint density at radius 3 is 2.03 bits per heavy atom. The molecule has 1 aliphatic heterocycles. The van der Waals surface area contributed by atoms with Crippen molar-refractivity contribution in [2.45, 2.75) is 76.3 Å². The third kappa shape index (κ3) is 9.94. The Hall–Kier alpha value is -5.32. The van der Waals surface area contributed by atoms with Crippen LogP contribution in [0.25, 0.3) is 0 Å². The number of carbonyl (C=O) groups excluding carboxylic acids is 1. The number of amides is 1. The molecule has 5 atom stereocenters. The molecule has 12 nitrogen and oxygen atoms in total. The van der Waals surface area contributed by atoms with E-state index >= 15 is 4.39 Å². The maximum Gasteiger partial charge on any atom is 0.351 e. The van der Waals surface area contributed by atoms with E-state index in [9.17, 15) is 14.9 Å². The normalized spacial score (nSPS) is 18.5. The molecule has 308 valence electrons. The third-order valence-corrected chi connectivity index (χ3v) is 12.2. The second kappa shape index (κ2) is 20.1. The van der Waals surface area contributed by atoms with Crippen molar-refractivity contribution in [2.24, 2.45) is 0 Å². The second-order valence-electron chi connectivity index (χ2n) is 14.5. The van der Waals surface area contributed by atoms with Crippen LogP contribution in [-0.4, -0.2) is 70.9 Å². The lowest BCUT2D eigenvalue weighted by Crippen LogP contribution is -2.50. The SMILES string of the molecule is COc1ccc(C(NC[C@H]2O[C@@H](n3ccc(NC(=O)c4ccccc4)nc3=O)[C@H](F)[C@@H]2OP(OCCC#N)N(C(C)C)C(C)C)(c2ccccc2)c2ccccc2)cc1. The van der Waals surface area contributed by atoms with Crippen molar-refractivity contribution >= 4 is 20.3 Å². The zero-order valence-corrected chi connectivity index (χ0v) is 34.7. The van der Waals surface area contributed by atoms with E-state index in [0.29, 0.717) is 11.3 Å². The van der Waals surface area contributed by atoms with Crippen molar-refractivity contribution < 1.29 is 27.7 Å². The highest BCUT2D eigenvalue weighted by molar-refractivity contribution is 7.44. The van der Waals surface area contributed by atoms with E-state index in [1.165, 1.54) is 12.3 Å². The standard InChI is InChI=1S/C45H50FN6O6P/c1-31(2)52(32(3)4)59(56-29-15-27-47)58-41-38(57-43(40(41)46)51-28-26-39(50-44(51)54)49-42(53)33-16-9-6-10-17-33)30-48-45(34-18-11-7-12-19-34,35-20-13-8-14-21-35)36-22-24-37(55-5)25-23-36/h6-14,16-26,28,31-32,38,40-41,43,48H,15,29-30H2,1-5H3,(H,49,50,53,54)/t38-,40-,41-,43-,59?/m1/s1. The molecule has 4 aromatic carbocycles. The molecule has 0 saturated carbocycles. The van der Waals surface area contributed by atoms with E-state index in [4.69, 9.17) is 18.5 Å². The number of benzene rings is 4. The predicted molar refractivity (Wildman–Crippen MR) is 226 cm³/mol. The van der Waals surface area contributed by atoms with E-state index in [0.717, 1.165) is 21.3 Å². The summed E-state index contributed by atoms with van der Waals surface area (Å²) in [5.41, 5.74) is 1.32. The highest BCUT2D eigenvalue weighted by atomic mass is 31.2. The Bertz CT molecular complexity index is 2160. The molecule has 59 heavy (non-hydrogen) atoms. The van der Waals surface area contributed by atoms with E-state index in [-0.39, 0.29) is 37.5 Å². The first-order chi connectivity index (χ1) is 28.6. The van der Waals surface area contributed by atoms with Crippen molar-refractivity contribution in [1.29, 1.82) is 5.26 Å². The van der Waals surface area contributed by atoms with Gasteiger partial charge >= 0.3 is 5.69 Å². The molecule has 1 fully saturated rings. The van der Waals surface area contributed by atoms with Gasteiger partial charge in [0.15, 0.2) is 12.4 Å². The molecule has 6 rings (SSSR count). The van der Waals surface area contributed by atoms with Gasteiger partial charge in [0.1, 0.15) is 23.8 Å². The highest BCUT2D eigenvalue weighted by Gasteiger charge is 2.51. The number of hydrogen-bond acceptors (Lipinski definition) is 10. The quantitative estimate of drug-likeness (QED) is 0.0508. The van der Waals surface area contributed by atoms with Crippen molar-refractivity contribution in [2.75, 3.05) is 25.6 Å². The summed E-state index contributed by atoms with van der Waals surface area (Å²) in [7, 11) is -0.303. The average Bonchev–Trinajstić information content (AvgIpc) is 3.55. The molecule has 5 aromatic rings. The van der Waals surface area contributed by atoms with Crippen LogP contribution in [0.2, 0.25) is 0 Å². The zero-order valence-electron chi connectivity index (χ0n) is 33.8. The number of hydrogen-bond donors (Lipinski definition) is 2. The number of methoxy groups -OCH3 is 1. The Labute approximate surface area is 345 Å². The number of nitriles is 1. The minimum atomic E-state index is -1.92. The van der Waals surface area contributed by atoms with Crippen LogP contribution < -0.4 is 21.1 Å². The Morgan fingerprint density at radius 1 is 0.915 bits per heavy atom. The molecular weight excluding hydrogens is 771 g/mol. The third-order valence-electron chi connectivity index (χ3n) is 10.0. The summed E-state index contributed by atoms with van der Waals surface area (Å²) in [6, 6.07) is 39.6. The number of aromatic nitrogens is 2. The largest absolute Gasteiger partial charge is 0.497 e. The van der Waals surface area contributed by atoms with Crippen LogP contribution in [-0.2, 0) is 19.3 Å². The second-order valence-corrected chi connectivity index (χ2v) is 15.9. The maximum atomic E-state index is 17.3. The average molecular weight is 821 g/mol. The molecule has 1 aliphatic rings. The summed E-state index contributed by atoms with van der Waals surface area (Å²) in [5, 5.41) is 15.8. The van der Waals surface area contributed by atoms with Gasteiger partial charge in [0.2, 0.25) is 0 Å². The monoisotopic (exact) mass is 820 g/mol.